The molecular formula is C18H20N4O. The number of aryl methyl sites for hydroxylation is 1. The van der Waals surface area contributed by atoms with E-state index < -0.39 is 0 Å². The van der Waals surface area contributed by atoms with Gasteiger partial charge < -0.3 is 9.88 Å². The van der Waals surface area contributed by atoms with Crippen molar-refractivity contribution >= 4 is 16.8 Å². The van der Waals surface area contributed by atoms with Gasteiger partial charge in [-0.15, -0.1) is 0 Å². The first kappa shape index (κ1) is 15.2. The number of para-hydroxylation sites is 1. The van der Waals surface area contributed by atoms with Crippen LogP contribution in [0.2, 0.25) is 0 Å². The van der Waals surface area contributed by atoms with Crippen molar-refractivity contribution in [2.24, 2.45) is 0 Å². The van der Waals surface area contributed by atoms with Gasteiger partial charge in [0.2, 0.25) is 5.91 Å². The number of benzene rings is 1. The Morgan fingerprint density at radius 2 is 2.09 bits per heavy atom. The maximum atomic E-state index is 12.7. The van der Waals surface area contributed by atoms with E-state index in [0.29, 0.717) is 6.42 Å². The second-order valence-corrected chi connectivity index (χ2v) is 5.77. The standard InChI is InChI=1S/C18H20N4O/c1-12-15(14-6-4-5-7-17(14)21-12)10-18(23)22(3)13(2)16-8-9-19-11-20-16/h4-9,11,13,21H,10H2,1-3H3/t13-/m0/s1. The van der Waals surface area contributed by atoms with E-state index in [9.17, 15) is 4.79 Å². The molecule has 5 nitrogen and oxygen atoms in total. The molecule has 1 aromatic carbocycles. The highest BCUT2D eigenvalue weighted by atomic mass is 16.2. The molecule has 0 radical (unpaired) electrons. The van der Waals surface area contributed by atoms with Gasteiger partial charge >= 0.3 is 0 Å². The molecule has 3 rings (SSSR count). The zero-order valence-electron chi connectivity index (χ0n) is 13.6. The Balaban J connectivity index is 1.82. The highest BCUT2D eigenvalue weighted by Crippen LogP contribution is 2.24. The third-order valence-corrected chi connectivity index (χ3v) is 4.36. The van der Waals surface area contributed by atoms with Gasteiger partial charge in [0.15, 0.2) is 0 Å². The molecule has 23 heavy (non-hydrogen) atoms. The first-order chi connectivity index (χ1) is 11.1. The summed E-state index contributed by atoms with van der Waals surface area (Å²) in [6, 6.07) is 9.82. The third-order valence-electron chi connectivity index (χ3n) is 4.36. The fourth-order valence-electron chi connectivity index (χ4n) is 2.80. The molecule has 3 aromatic rings. The molecule has 0 bridgehead atoms. The first-order valence-corrected chi connectivity index (χ1v) is 7.65. The molecule has 2 heterocycles. The monoisotopic (exact) mass is 308 g/mol. The summed E-state index contributed by atoms with van der Waals surface area (Å²) in [7, 11) is 1.82. The predicted molar refractivity (Wildman–Crippen MR) is 90.0 cm³/mol. The third kappa shape index (κ3) is 2.95. The van der Waals surface area contributed by atoms with Gasteiger partial charge in [0.05, 0.1) is 18.2 Å². The zero-order chi connectivity index (χ0) is 16.4. The summed E-state index contributed by atoms with van der Waals surface area (Å²) in [5, 5.41) is 1.11. The van der Waals surface area contributed by atoms with E-state index in [2.05, 4.69) is 21.0 Å². The van der Waals surface area contributed by atoms with Gasteiger partial charge in [-0.05, 0) is 31.5 Å². The number of hydrogen-bond acceptors (Lipinski definition) is 3. The van der Waals surface area contributed by atoms with E-state index in [1.165, 1.54) is 6.33 Å². The van der Waals surface area contributed by atoms with Crippen LogP contribution in [0.15, 0.2) is 42.9 Å². The number of aromatic nitrogens is 3. The van der Waals surface area contributed by atoms with E-state index in [-0.39, 0.29) is 11.9 Å². The number of fused-ring (bicyclic) bond motifs is 1. The van der Waals surface area contributed by atoms with Crippen molar-refractivity contribution in [2.75, 3.05) is 7.05 Å². The van der Waals surface area contributed by atoms with E-state index in [1.807, 2.05) is 45.2 Å². The van der Waals surface area contributed by atoms with E-state index in [1.54, 1.807) is 11.1 Å². The Morgan fingerprint density at radius 3 is 2.83 bits per heavy atom. The lowest BCUT2D eigenvalue weighted by Gasteiger charge is -2.24. The van der Waals surface area contributed by atoms with Gasteiger partial charge in [-0.3, -0.25) is 4.79 Å². The van der Waals surface area contributed by atoms with E-state index in [0.717, 1.165) is 27.9 Å². The van der Waals surface area contributed by atoms with Crippen LogP contribution in [0, 0.1) is 6.92 Å². The molecule has 1 atom stereocenters. The fraction of sp³-hybridized carbons (Fsp3) is 0.278. The fourth-order valence-corrected chi connectivity index (χ4v) is 2.80. The molecule has 0 aliphatic rings. The number of H-pyrrole nitrogens is 1. The molecule has 2 aromatic heterocycles. The summed E-state index contributed by atoms with van der Waals surface area (Å²) in [6.45, 7) is 3.98. The Bertz CT molecular complexity index is 825. The number of aromatic amines is 1. The maximum Gasteiger partial charge on any atom is 0.227 e. The largest absolute Gasteiger partial charge is 0.358 e. The van der Waals surface area contributed by atoms with Crippen LogP contribution in [0.25, 0.3) is 10.9 Å². The normalized spacial score (nSPS) is 12.3. The Hall–Kier alpha value is -2.69. The maximum absolute atomic E-state index is 12.7. The molecule has 1 N–H and O–H groups in total. The van der Waals surface area contributed by atoms with Gasteiger partial charge in [-0.2, -0.15) is 0 Å². The molecule has 0 aliphatic heterocycles. The Kier molecular flexibility index (Phi) is 4.10. The number of carbonyl (C=O) groups excluding carboxylic acids is 1. The van der Waals surface area contributed by atoms with Crippen LogP contribution in [-0.2, 0) is 11.2 Å². The summed E-state index contributed by atoms with van der Waals surface area (Å²) in [4.78, 5) is 25.9. The van der Waals surface area contributed by atoms with Crippen molar-refractivity contribution in [3.8, 4) is 0 Å². The molecule has 0 spiro atoms. The number of amides is 1. The molecule has 0 saturated heterocycles. The predicted octanol–water partition coefficient (Wildman–Crippen LogP) is 3.03. The van der Waals surface area contributed by atoms with Gasteiger partial charge in [0.1, 0.15) is 6.33 Å². The van der Waals surface area contributed by atoms with Crippen LogP contribution in [0.3, 0.4) is 0 Å². The lowest BCUT2D eigenvalue weighted by molar-refractivity contribution is -0.131. The Morgan fingerprint density at radius 1 is 1.30 bits per heavy atom. The summed E-state index contributed by atoms with van der Waals surface area (Å²) < 4.78 is 0. The van der Waals surface area contributed by atoms with Gasteiger partial charge in [0.25, 0.3) is 0 Å². The van der Waals surface area contributed by atoms with Crippen molar-refractivity contribution < 1.29 is 4.79 Å². The number of nitrogens with zero attached hydrogens (tertiary/aromatic N) is 3. The van der Waals surface area contributed by atoms with Crippen molar-refractivity contribution in [1.29, 1.82) is 0 Å². The Labute approximate surface area is 135 Å². The number of rotatable bonds is 4. The summed E-state index contributed by atoms with van der Waals surface area (Å²) in [5.41, 5.74) is 4.01. The number of nitrogens with one attached hydrogen (secondary N) is 1. The smallest absolute Gasteiger partial charge is 0.227 e. The van der Waals surface area contributed by atoms with Crippen LogP contribution in [0.4, 0.5) is 0 Å². The van der Waals surface area contributed by atoms with Gasteiger partial charge in [-0.25, -0.2) is 9.97 Å². The average Bonchev–Trinajstić information content (AvgIpc) is 2.90. The minimum absolute atomic E-state index is 0.0731. The highest BCUT2D eigenvalue weighted by molar-refractivity contribution is 5.90. The molecule has 0 fully saturated rings. The van der Waals surface area contributed by atoms with Crippen molar-refractivity contribution in [3.63, 3.8) is 0 Å². The quantitative estimate of drug-likeness (QED) is 0.806. The molecule has 5 heteroatoms. The van der Waals surface area contributed by atoms with Gasteiger partial charge in [0, 0.05) is 29.8 Å². The molecule has 0 saturated carbocycles. The lowest BCUT2D eigenvalue weighted by atomic mass is 10.1. The first-order valence-electron chi connectivity index (χ1n) is 7.65. The number of likely N-dealkylation sites (N-methyl/N-ethyl adjacent to an activating group) is 1. The summed E-state index contributed by atoms with van der Waals surface area (Å²) in [5.74, 6) is 0.0731. The van der Waals surface area contributed by atoms with Crippen molar-refractivity contribution in [1.82, 2.24) is 19.9 Å². The second kappa shape index (κ2) is 6.20. The summed E-state index contributed by atoms with van der Waals surface area (Å²) in [6.07, 6.45) is 3.58. The van der Waals surface area contributed by atoms with Crippen LogP contribution in [-0.4, -0.2) is 32.8 Å². The molecular weight excluding hydrogens is 288 g/mol. The number of carbonyl (C=O) groups is 1. The van der Waals surface area contributed by atoms with Crippen LogP contribution >= 0.6 is 0 Å². The topological polar surface area (TPSA) is 61.9 Å². The second-order valence-electron chi connectivity index (χ2n) is 5.77. The zero-order valence-corrected chi connectivity index (χ0v) is 13.6. The van der Waals surface area contributed by atoms with Crippen LogP contribution in [0.1, 0.15) is 29.9 Å². The minimum Gasteiger partial charge on any atom is -0.358 e. The number of hydrogen-bond donors (Lipinski definition) is 1. The summed E-state index contributed by atoms with van der Waals surface area (Å²) >= 11 is 0. The lowest BCUT2D eigenvalue weighted by Crippen LogP contribution is -2.31. The molecule has 1 amide bonds. The van der Waals surface area contributed by atoms with Crippen molar-refractivity contribution in [2.45, 2.75) is 26.3 Å². The van der Waals surface area contributed by atoms with Gasteiger partial charge in [-0.1, -0.05) is 18.2 Å². The SMILES string of the molecule is Cc1[nH]c2ccccc2c1CC(=O)N(C)[C@@H](C)c1ccncn1. The van der Waals surface area contributed by atoms with Crippen LogP contribution < -0.4 is 0 Å². The molecule has 0 unspecified atom stereocenters. The van der Waals surface area contributed by atoms with E-state index >= 15 is 0 Å². The van der Waals surface area contributed by atoms with Crippen LogP contribution in [0.5, 0.6) is 0 Å². The molecule has 118 valence electrons. The van der Waals surface area contributed by atoms with Crippen molar-refractivity contribution in [3.05, 3.63) is 59.8 Å². The average molecular weight is 308 g/mol. The highest BCUT2D eigenvalue weighted by Gasteiger charge is 2.20. The molecule has 0 aliphatic carbocycles. The minimum atomic E-state index is -0.0870. The van der Waals surface area contributed by atoms with E-state index in [4.69, 9.17) is 0 Å².